The number of hydrogen-bond donors (Lipinski definition) is 14. The molecule has 3 amide bonds. The Morgan fingerprint density at radius 3 is 2.05 bits per heavy atom. The molecule has 21 nitrogen and oxygen atoms in total. The smallest absolute Gasteiger partial charge is 0.249 e. The van der Waals surface area contributed by atoms with E-state index >= 15 is 0 Å². The van der Waals surface area contributed by atoms with E-state index in [4.69, 9.17) is 36.1 Å². The zero-order valence-corrected chi connectivity index (χ0v) is 32.7. The number of thioether (sulfide) groups is 1. The first-order valence-electron chi connectivity index (χ1n) is 19.0. The summed E-state index contributed by atoms with van der Waals surface area (Å²) in [6, 6.07) is -3.01. The highest BCUT2D eigenvalue weighted by atomic mass is 32.2. The summed E-state index contributed by atoms with van der Waals surface area (Å²) in [5.41, 5.74) is 17.5. The van der Waals surface area contributed by atoms with Crippen LogP contribution in [-0.2, 0) is 33.3 Å². The molecule has 0 unspecified atom stereocenters. The van der Waals surface area contributed by atoms with Crippen molar-refractivity contribution in [2.45, 2.75) is 144 Å². The van der Waals surface area contributed by atoms with E-state index in [1.165, 1.54) is 0 Å². The van der Waals surface area contributed by atoms with Crippen LogP contribution in [0.4, 0.5) is 0 Å². The first-order chi connectivity index (χ1) is 26.4. The predicted molar refractivity (Wildman–Crippen MR) is 199 cm³/mol. The Bertz CT molecular complexity index is 1230. The molecule has 3 rings (SSSR count). The normalized spacial score (nSPS) is 35.5. The van der Waals surface area contributed by atoms with Crippen LogP contribution in [0.3, 0.4) is 0 Å². The SMILES string of the molecule is CC(C)(CO)[C@@H](O)C(=O)NCCC(=O)NCCSCCCCCC(=O)NC[C@H]1O[C@H](O[C@H]2[C@H](O[C@@H]3O[C@H](CO)[C@@H](O)[C@H]3O)[C@@H](O)[C@H](N)C[C@@H]2N)[C@H](N)[C@@H](O)[C@@H]1O. The number of carbonyl (C=O) groups excluding carboxylic acids is 3. The van der Waals surface area contributed by atoms with Gasteiger partial charge in [0.2, 0.25) is 17.7 Å². The molecule has 1 saturated carbocycles. The van der Waals surface area contributed by atoms with Gasteiger partial charge in [0.05, 0.1) is 25.4 Å². The van der Waals surface area contributed by atoms with E-state index in [-0.39, 0.29) is 50.8 Å². The molecule has 17 N–H and O–H groups in total. The molecule has 22 heteroatoms. The predicted octanol–water partition coefficient (Wildman–Crippen LogP) is -6.20. The Morgan fingerprint density at radius 1 is 0.750 bits per heavy atom. The Kier molecular flexibility index (Phi) is 20.0. The molecule has 326 valence electrons. The molecule has 0 aromatic rings. The lowest BCUT2D eigenvalue weighted by atomic mass is 9.84. The van der Waals surface area contributed by atoms with E-state index in [0.717, 1.165) is 18.6 Å². The quantitative estimate of drug-likeness (QED) is 0.0451. The van der Waals surface area contributed by atoms with E-state index in [1.54, 1.807) is 25.6 Å². The Labute approximate surface area is 330 Å². The topological polar surface area (TPSA) is 364 Å². The second-order valence-corrected chi connectivity index (χ2v) is 16.5. The van der Waals surface area contributed by atoms with Gasteiger partial charge in [0.25, 0.3) is 0 Å². The monoisotopic (exact) mass is 828 g/mol. The van der Waals surface area contributed by atoms with Gasteiger partial charge in [-0.3, -0.25) is 14.4 Å². The fraction of sp³-hybridized carbons (Fsp3) is 0.912. The molecule has 2 aliphatic heterocycles. The molecule has 3 aliphatic rings. The largest absolute Gasteiger partial charge is 0.396 e. The van der Waals surface area contributed by atoms with Crippen molar-refractivity contribution in [3.05, 3.63) is 0 Å². The lowest BCUT2D eigenvalue weighted by molar-refractivity contribution is -0.307. The van der Waals surface area contributed by atoms with Gasteiger partial charge >= 0.3 is 0 Å². The molecule has 15 atom stereocenters. The highest BCUT2D eigenvalue weighted by molar-refractivity contribution is 7.99. The van der Waals surface area contributed by atoms with Crippen LogP contribution in [0, 0.1) is 5.41 Å². The van der Waals surface area contributed by atoms with E-state index in [2.05, 4.69) is 16.0 Å². The number of rotatable bonds is 22. The summed E-state index contributed by atoms with van der Waals surface area (Å²) in [4.78, 5) is 36.6. The average molecular weight is 829 g/mol. The van der Waals surface area contributed by atoms with E-state index < -0.39 is 110 Å². The number of unbranched alkanes of at least 4 members (excludes halogenated alkanes) is 2. The molecule has 2 heterocycles. The maximum atomic E-state index is 12.6. The van der Waals surface area contributed by atoms with Crippen molar-refractivity contribution in [1.29, 1.82) is 0 Å². The minimum Gasteiger partial charge on any atom is -0.396 e. The first-order valence-corrected chi connectivity index (χ1v) is 20.2. The van der Waals surface area contributed by atoms with E-state index in [9.17, 15) is 55.2 Å². The van der Waals surface area contributed by atoms with Crippen LogP contribution in [0.2, 0.25) is 0 Å². The van der Waals surface area contributed by atoms with E-state index in [0.29, 0.717) is 18.7 Å². The number of aliphatic hydroxyl groups is 8. The molecule has 56 heavy (non-hydrogen) atoms. The lowest BCUT2D eigenvalue weighted by Gasteiger charge is -2.47. The zero-order valence-electron chi connectivity index (χ0n) is 31.9. The van der Waals surface area contributed by atoms with Gasteiger partial charge in [-0.1, -0.05) is 20.3 Å². The average Bonchev–Trinajstić information content (AvgIpc) is 3.44. The number of nitrogens with one attached hydrogen (secondary N) is 3. The Morgan fingerprint density at radius 2 is 1.39 bits per heavy atom. The minimum atomic E-state index is -1.58. The number of aliphatic hydroxyl groups excluding tert-OH is 8. The zero-order chi connectivity index (χ0) is 41.7. The molecular weight excluding hydrogens is 764 g/mol. The van der Waals surface area contributed by atoms with E-state index in [1.807, 2.05) is 0 Å². The fourth-order valence-corrected chi connectivity index (χ4v) is 7.26. The standard InChI is InChI=1S/C34H64N6O15S/c1-34(2,15-42)30(50)31(51)39-8-7-21(44)38-9-11-56-10-5-3-4-6-20(43)40-13-18-24(46)26(48)22(37)32(52-18)54-28-17(36)12-16(35)23(45)29(28)55-33-27(49)25(47)19(14-41)53-33/h16-19,22-30,32-33,41-42,45-50H,3-15,35-37H2,1-2H3,(H,38,44)(H,39,51)(H,40,43)/t16-,17+,18-,19-,22-,23+,24-,25-,26-,27-,28-,29-,30+,32-,33+/m1/s1. The second kappa shape index (κ2) is 23.1. The van der Waals surface area contributed by atoms with Crippen LogP contribution in [0.5, 0.6) is 0 Å². The molecule has 0 aromatic heterocycles. The van der Waals surface area contributed by atoms with Gasteiger partial charge < -0.3 is 93.0 Å². The summed E-state index contributed by atoms with van der Waals surface area (Å²) in [6.07, 6.45) is -14.0. The molecule has 0 bridgehead atoms. The number of amides is 3. The summed E-state index contributed by atoms with van der Waals surface area (Å²) >= 11 is 1.64. The third-order valence-corrected chi connectivity index (χ3v) is 11.3. The third-order valence-electron chi connectivity index (χ3n) is 10.2. The molecule has 0 spiro atoms. The Balaban J connectivity index is 1.34. The minimum absolute atomic E-state index is 0.0499. The summed E-state index contributed by atoms with van der Waals surface area (Å²) in [5.74, 6) is 0.288. The highest BCUT2D eigenvalue weighted by Gasteiger charge is 2.52. The lowest BCUT2D eigenvalue weighted by Crippen LogP contribution is -2.68. The Hall–Kier alpha value is -1.84. The van der Waals surface area contributed by atoms with Crippen molar-refractivity contribution in [3.8, 4) is 0 Å². The highest BCUT2D eigenvalue weighted by Crippen LogP contribution is 2.32. The number of ether oxygens (including phenoxy) is 4. The number of nitrogens with two attached hydrogens (primary N) is 3. The van der Waals surface area contributed by atoms with Crippen molar-refractivity contribution in [2.75, 3.05) is 44.4 Å². The van der Waals surface area contributed by atoms with Crippen LogP contribution in [0.15, 0.2) is 0 Å². The van der Waals surface area contributed by atoms with Crippen LogP contribution in [0.25, 0.3) is 0 Å². The first kappa shape index (κ1) is 48.5. The van der Waals surface area contributed by atoms with Crippen LogP contribution in [0.1, 0.15) is 52.4 Å². The molecule has 2 saturated heterocycles. The summed E-state index contributed by atoms with van der Waals surface area (Å²) in [6.45, 7) is 2.45. The van der Waals surface area contributed by atoms with Gasteiger partial charge in [-0.25, -0.2) is 0 Å². The summed E-state index contributed by atoms with van der Waals surface area (Å²) < 4.78 is 23.1. The maximum absolute atomic E-state index is 12.6. The van der Waals surface area contributed by atoms with Gasteiger partial charge in [0.15, 0.2) is 12.6 Å². The maximum Gasteiger partial charge on any atom is 0.249 e. The van der Waals surface area contributed by atoms with Crippen LogP contribution in [-0.4, -0.2) is 195 Å². The van der Waals surface area contributed by atoms with Crippen LogP contribution >= 0.6 is 11.8 Å². The van der Waals surface area contributed by atoms with Gasteiger partial charge in [0, 0.05) is 55.7 Å². The van der Waals surface area contributed by atoms with Crippen molar-refractivity contribution in [3.63, 3.8) is 0 Å². The van der Waals surface area contributed by atoms with Crippen molar-refractivity contribution < 1.29 is 74.2 Å². The number of hydrogen-bond acceptors (Lipinski definition) is 19. The number of carbonyl (C=O) groups is 3. The van der Waals surface area contributed by atoms with Gasteiger partial charge in [-0.2, -0.15) is 11.8 Å². The summed E-state index contributed by atoms with van der Waals surface area (Å²) in [5, 5.41) is 89.5. The third kappa shape index (κ3) is 13.6. The fourth-order valence-electron chi connectivity index (χ4n) is 6.40. The van der Waals surface area contributed by atoms with Crippen LogP contribution < -0.4 is 33.2 Å². The second-order valence-electron chi connectivity index (χ2n) is 15.2. The van der Waals surface area contributed by atoms with Gasteiger partial charge in [-0.05, 0) is 25.0 Å². The van der Waals surface area contributed by atoms with Crippen molar-refractivity contribution >= 4 is 29.5 Å². The molecule has 3 fully saturated rings. The molecule has 0 radical (unpaired) electrons. The molecule has 0 aromatic carbocycles. The molecule has 1 aliphatic carbocycles. The molecular formula is C34H64N6O15S. The van der Waals surface area contributed by atoms with Crippen molar-refractivity contribution in [2.24, 2.45) is 22.6 Å². The summed E-state index contributed by atoms with van der Waals surface area (Å²) in [7, 11) is 0. The van der Waals surface area contributed by atoms with Crippen molar-refractivity contribution in [1.82, 2.24) is 16.0 Å². The van der Waals surface area contributed by atoms with Gasteiger partial charge in [-0.15, -0.1) is 0 Å². The van der Waals surface area contributed by atoms with Gasteiger partial charge in [0.1, 0.15) is 54.9 Å².